The number of nitrogens with zero attached hydrogens (tertiary/aromatic N) is 1. The van der Waals surface area contributed by atoms with Crippen LogP contribution in [0.1, 0.15) is 6.92 Å². The van der Waals surface area contributed by atoms with E-state index in [1.807, 2.05) is 37.3 Å². The molecule has 0 aliphatic heterocycles. The van der Waals surface area contributed by atoms with Gasteiger partial charge in [-0.3, -0.25) is 4.79 Å². The standard InChI is InChI=1S/C12H13N3OS/c1-9(17-12-13-7-8-14-12)11(16)15-10-5-3-2-4-6-10/h2-9H,1H3,(H,13,14)(H,15,16). The normalized spacial score (nSPS) is 12.1. The van der Waals surface area contributed by atoms with Crippen LogP contribution in [0.25, 0.3) is 0 Å². The van der Waals surface area contributed by atoms with Gasteiger partial charge < -0.3 is 10.3 Å². The maximum atomic E-state index is 11.9. The first-order chi connectivity index (χ1) is 8.25. The zero-order valence-corrected chi connectivity index (χ0v) is 10.2. The third kappa shape index (κ3) is 3.35. The van der Waals surface area contributed by atoms with Crippen molar-refractivity contribution >= 4 is 23.4 Å². The van der Waals surface area contributed by atoms with Crippen molar-refractivity contribution in [1.29, 1.82) is 0 Å². The minimum absolute atomic E-state index is 0.0300. The number of thioether (sulfide) groups is 1. The number of nitrogens with one attached hydrogen (secondary N) is 2. The number of anilines is 1. The van der Waals surface area contributed by atoms with Crippen molar-refractivity contribution in [3.8, 4) is 0 Å². The molecule has 2 aromatic rings. The average molecular weight is 247 g/mol. The highest BCUT2D eigenvalue weighted by molar-refractivity contribution is 8.00. The number of benzene rings is 1. The summed E-state index contributed by atoms with van der Waals surface area (Å²) in [6, 6.07) is 9.42. The first-order valence-corrected chi connectivity index (χ1v) is 6.15. The van der Waals surface area contributed by atoms with Crippen molar-refractivity contribution < 1.29 is 4.79 Å². The molecule has 17 heavy (non-hydrogen) atoms. The monoisotopic (exact) mass is 247 g/mol. The molecule has 0 radical (unpaired) electrons. The smallest absolute Gasteiger partial charge is 0.237 e. The fraction of sp³-hybridized carbons (Fsp3) is 0.167. The predicted octanol–water partition coefficient (Wildman–Crippen LogP) is 2.53. The number of carbonyl (C=O) groups is 1. The maximum absolute atomic E-state index is 11.9. The Morgan fingerprint density at radius 1 is 1.41 bits per heavy atom. The summed E-state index contributed by atoms with van der Waals surface area (Å²) in [5, 5.41) is 3.41. The Morgan fingerprint density at radius 2 is 2.18 bits per heavy atom. The quantitative estimate of drug-likeness (QED) is 0.816. The molecule has 0 aliphatic carbocycles. The second-order valence-electron chi connectivity index (χ2n) is 3.51. The largest absolute Gasteiger partial charge is 0.340 e. The fourth-order valence-corrected chi connectivity index (χ4v) is 2.06. The van der Waals surface area contributed by atoms with E-state index >= 15 is 0 Å². The predicted molar refractivity (Wildman–Crippen MR) is 69.0 cm³/mol. The Balaban J connectivity index is 1.92. The Bertz CT molecular complexity index is 470. The van der Waals surface area contributed by atoms with Gasteiger partial charge >= 0.3 is 0 Å². The number of rotatable bonds is 4. The van der Waals surface area contributed by atoms with Gasteiger partial charge in [0.05, 0.1) is 5.25 Å². The van der Waals surface area contributed by atoms with Gasteiger partial charge in [0.25, 0.3) is 0 Å². The summed E-state index contributed by atoms with van der Waals surface area (Å²) >= 11 is 1.40. The highest BCUT2D eigenvalue weighted by Gasteiger charge is 2.15. The van der Waals surface area contributed by atoms with E-state index in [0.717, 1.165) is 10.8 Å². The molecule has 88 valence electrons. The molecular weight excluding hydrogens is 234 g/mol. The summed E-state index contributed by atoms with van der Waals surface area (Å²) in [6.07, 6.45) is 3.41. The second-order valence-corrected chi connectivity index (χ2v) is 4.84. The minimum Gasteiger partial charge on any atom is -0.340 e. The van der Waals surface area contributed by atoms with Gasteiger partial charge in [-0.1, -0.05) is 30.0 Å². The third-order valence-electron chi connectivity index (χ3n) is 2.17. The Morgan fingerprint density at radius 3 is 2.82 bits per heavy atom. The molecule has 0 fully saturated rings. The number of aromatic nitrogens is 2. The molecule has 1 heterocycles. The molecule has 1 unspecified atom stereocenters. The minimum atomic E-state index is -0.193. The van der Waals surface area contributed by atoms with Crippen LogP contribution in [0.2, 0.25) is 0 Å². The van der Waals surface area contributed by atoms with E-state index in [1.165, 1.54) is 11.8 Å². The van der Waals surface area contributed by atoms with Crippen LogP contribution in [0.5, 0.6) is 0 Å². The van der Waals surface area contributed by atoms with Crippen LogP contribution in [-0.2, 0) is 4.79 Å². The number of amides is 1. The molecule has 1 amide bonds. The van der Waals surface area contributed by atoms with Gasteiger partial charge in [-0.05, 0) is 19.1 Å². The van der Waals surface area contributed by atoms with Crippen molar-refractivity contribution in [2.45, 2.75) is 17.3 Å². The summed E-state index contributed by atoms with van der Waals surface area (Å²) in [6.45, 7) is 1.85. The molecule has 1 aromatic heterocycles. The Kier molecular flexibility index (Phi) is 3.82. The second kappa shape index (κ2) is 5.54. The average Bonchev–Trinajstić information content (AvgIpc) is 2.83. The summed E-state index contributed by atoms with van der Waals surface area (Å²) in [4.78, 5) is 18.9. The van der Waals surface area contributed by atoms with Gasteiger partial charge in [0.2, 0.25) is 5.91 Å². The molecule has 1 aromatic carbocycles. The number of hydrogen-bond donors (Lipinski definition) is 2. The van der Waals surface area contributed by atoms with Crippen LogP contribution in [0.4, 0.5) is 5.69 Å². The van der Waals surface area contributed by atoms with E-state index in [4.69, 9.17) is 0 Å². The lowest BCUT2D eigenvalue weighted by Crippen LogP contribution is -2.22. The van der Waals surface area contributed by atoms with E-state index in [0.29, 0.717) is 0 Å². The van der Waals surface area contributed by atoms with Crippen molar-refractivity contribution in [2.24, 2.45) is 0 Å². The number of H-pyrrole nitrogens is 1. The third-order valence-corrected chi connectivity index (χ3v) is 3.19. The van der Waals surface area contributed by atoms with Crippen LogP contribution in [-0.4, -0.2) is 21.1 Å². The van der Waals surface area contributed by atoms with Crippen LogP contribution >= 0.6 is 11.8 Å². The summed E-state index contributed by atoms with van der Waals surface area (Å²) in [5.74, 6) is -0.0300. The van der Waals surface area contributed by atoms with Crippen molar-refractivity contribution in [1.82, 2.24) is 9.97 Å². The van der Waals surface area contributed by atoms with Crippen molar-refractivity contribution in [3.63, 3.8) is 0 Å². The summed E-state index contributed by atoms with van der Waals surface area (Å²) < 4.78 is 0. The number of carbonyl (C=O) groups excluding carboxylic acids is 1. The molecule has 0 saturated carbocycles. The van der Waals surface area contributed by atoms with E-state index in [9.17, 15) is 4.79 Å². The Labute approximate surface area is 104 Å². The van der Waals surface area contributed by atoms with E-state index < -0.39 is 0 Å². The Hall–Kier alpha value is -1.75. The first-order valence-electron chi connectivity index (χ1n) is 5.27. The molecule has 0 bridgehead atoms. The molecule has 0 saturated heterocycles. The lowest BCUT2D eigenvalue weighted by atomic mass is 10.3. The first kappa shape index (κ1) is 11.7. The maximum Gasteiger partial charge on any atom is 0.237 e. The SMILES string of the molecule is CC(Sc1ncc[nH]1)C(=O)Nc1ccccc1. The van der Waals surface area contributed by atoms with Gasteiger partial charge in [0, 0.05) is 18.1 Å². The number of imidazole rings is 1. The van der Waals surface area contributed by atoms with Crippen LogP contribution < -0.4 is 5.32 Å². The number of aromatic amines is 1. The van der Waals surface area contributed by atoms with E-state index in [2.05, 4.69) is 15.3 Å². The molecule has 2 N–H and O–H groups in total. The fourth-order valence-electron chi connectivity index (χ4n) is 1.30. The van der Waals surface area contributed by atoms with Gasteiger partial charge in [-0.25, -0.2) is 4.98 Å². The van der Waals surface area contributed by atoms with E-state index in [1.54, 1.807) is 12.4 Å². The molecular formula is C12H13N3OS. The molecule has 5 heteroatoms. The van der Waals surface area contributed by atoms with Crippen LogP contribution in [0.3, 0.4) is 0 Å². The summed E-state index contributed by atoms with van der Waals surface area (Å²) in [5.41, 5.74) is 0.810. The van der Waals surface area contributed by atoms with Crippen LogP contribution in [0.15, 0.2) is 47.9 Å². The lowest BCUT2D eigenvalue weighted by Gasteiger charge is -2.10. The van der Waals surface area contributed by atoms with Gasteiger partial charge in [-0.15, -0.1) is 0 Å². The topological polar surface area (TPSA) is 57.8 Å². The number of hydrogen-bond acceptors (Lipinski definition) is 3. The molecule has 0 aliphatic rings. The van der Waals surface area contributed by atoms with E-state index in [-0.39, 0.29) is 11.2 Å². The van der Waals surface area contributed by atoms with Gasteiger partial charge in [0.1, 0.15) is 0 Å². The number of para-hydroxylation sites is 1. The molecule has 4 nitrogen and oxygen atoms in total. The molecule has 1 atom stereocenters. The van der Waals surface area contributed by atoms with Gasteiger partial charge in [-0.2, -0.15) is 0 Å². The lowest BCUT2D eigenvalue weighted by molar-refractivity contribution is -0.115. The van der Waals surface area contributed by atoms with Gasteiger partial charge in [0.15, 0.2) is 5.16 Å². The van der Waals surface area contributed by atoms with Crippen molar-refractivity contribution in [2.75, 3.05) is 5.32 Å². The molecule has 2 rings (SSSR count). The summed E-state index contributed by atoms with van der Waals surface area (Å²) in [7, 11) is 0. The zero-order valence-electron chi connectivity index (χ0n) is 9.38. The zero-order chi connectivity index (χ0) is 12.1. The molecule has 0 spiro atoms. The van der Waals surface area contributed by atoms with Crippen molar-refractivity contribution in [3.05, 3.63) is 42.7 Å². The highest BCUT2D eigenvalue weighted by atomic mass is 32.2. The van der Waals surface area contributed by atoms with Crippen LogP contribution in [0, 0.1) is 0 Å². The highest BCUT2D eigenvalue weighted by Crippen LogP contribution is 2.20.